The van der Waals surface area contributed by atoms with Gasteiger partial charge in [0.2, 0.25) is 0 Å². The van der Waals surface area contributed by atoms with Gasteiger partial charge in [-0.3, -0.25) is 0 Å². The fraction of sp³-hybridized carbons (Fsp3) is 0.167. The Hall–Kier alpha value is -2.26. The number of halogens is 1. The van der Waals surface area contributed by atoms with Gasteiger partial charge in [-0.2, -0.15) is 5.10 Å². The third-order valence-electron chi connectivity index (χ3n) is 3.94. The van der Waals surface area contributed by atoms with E-state index in [0.29, 0.717) is 6.61 Å². The molecule has 3 nitrogen and oxygen atoms in total. The van der Waals surface area contributed by atoms with E-state index in [1.165, 1.54) is 11.1 Å². The zero-order valence-corrected chi connectivity index (χ0v) is 13.0. The molecule has 0 bridgehead atoms. The standard InChI is InChI=1S/C18H15ClN2O/c1-12-2-7-17-16(10-12)18-13(8-9-22-17)11-20-21(18)15-5-3-14(19)4-6-15/h2-7,10-11H,8-9H2,1H3. The third kappa shape index (κ3) is 2.18. The number of hydrogen-bond donors (Lipinski definition) is 0. The van der Waals surface area contributed by atoms with Gasteiger partial charge >= 0.3 is 0 Å². The number of fused-ring (bicyclic) bond motifs is 3. The van der Waals surface area contributed by atoms with Crippen LogP contribution in [-0.2, 0) is 6.42 Å². The molecule has 4 rings (SSSR count). The highest BCUT2D eigenvalue weighted by Gasteiger charge is 2.21. The third-order valence-corrected chi connectivity index (χ3v) is 4.19. The maximum atomic E-state index is 5.99. The SMILES string of the molecule is Cc1ccc2c(c1)-c1c(cnn1-c1ccc(Cl)cc1)CCO2. The van der Waals surface area contributed by atoms with Crippen molar-refractivity contribution < 1.29 is 4.74 Å². The van der Waals surface area contributed by atoms with Crippen LogP contribution in [0.4, 0.5) is 0 Å². The molecular weight excluding hydrogens is 296 g/mol. The minimum atomic E-state index is 0.676. The van der Waals surface area contributed by atoms with Crippen LogP contribution in [-0.4, -0.2) is 16.4 Å². The molecule has 0 spiro atoms. The van der Waals surface area contributed by atoms with E-state index in [1.807, 2.05) is 41.2 Å². The second-order valence-electron chi connectivity index (χ2n) is 5.50. The van der Waals surface area contributed by atoms with E-state index in [9.17, 15) is 0 Å². The minimum Gasteiger partial charge on any atom is -0.493 e. The van der Waals surface area contributed by atoms with Gasteiger partial charge in [0.25, 0.3) is 0 Å². The summed E-state index contributed by atoms with van der Waals surface area (Å²) < 4.78 is 7.86. The van der Waals surface area contributed by atoms with Crippen LogP contribution >= 0.6 is 11.6 Å². The van der Waals surface area contributed by atoms with Gasteiger partial charge in [0.15, 0.2) is 0 Å². The summed E-state index contributed by atoms with van der Waals surface area (Å²) in [4.78, 5) is 0. The number of nitrogens with zero attached hydrogens (tertiary/aromatic N) is 2. The highest BCUT2D eigenvalue weighted by atomic mass is 35.5. The average molecular weight is 311 g/mol. The minimum absolute atomic E-state index is 0.676. The maximum Gasteiger partial charge on any atom is 0.128 e. The first-order valence-electron chi connectivity index (χ1n) is 7.29. The highest BCUT2D eigenvalue weighted by molar-refractivity contribution is 6.30. The van der Waals surface area contributed by atoms with E-state index in [4.69, 9.17) is 16.3 Å². The largest absolute Gasteiger partial charge is 0.493 e. The Morgan fingerprint density at radius 3 is 2.77 bits per heavy atom. The molecule has 22 heavy (non-hydrogen) atoms. The summed E-state index contributed by atoms with van der Waals surface area (Å²) in [6.07, 6.45) is 2.79. The second kappa shape index (κ2) is 5.18. The van der Waals surface area contributed by atoms with Gasteiger partial charge in [0.05, 0.1) is 24.2 Å². The lowest BCUT2D eigenvalue weighted by molar-refractivity contribution is 0.326. The molecule has 3 aromatic rings. The average Bonchev–Trinajstić information content (AvgIpc) is 2.85. The number of aryl methyl sites for hydroxylation is 1. The van der Waals surface area contributed by atoms with Gasteiger partial charge in [-0.05, 0) is 43.3 Å². The number of benzene rings is 2. The lowest BCUT2D eigenvalue weighted by atomic mass is 10.0. The number of rotatable bonds is 1. The molecule has 1 aromatic heterocycles. The van der Waals surface area contributed by atoms with Crippen LogP contribution in [0, 0.1) is 6.92 Å². The first kappa shape index (κ1) is 13.4. The van der Waals surface area contributed by atoms with Crippen molar-refractivity contribution in [3.05, 3.63) is 64.8 Å². The molecule has 0 atom stereocenters. The Kier molecular flexibility index (Phi) is 3.16. The van der Waals surface area contributed by atoms with E-state index in [1.54, 1.807) is 0 Å². The van der Waals surface area contributed by atoms with Crippen LogP contribution in [0.3, 0.4) is 0 Å². The van der Waals surface area contributed by atoms with Crippen LogP contribution in [0.2, 0.25) is 5.02 Å². The molecule has 0 N–H and O–H groups in total. The van der Waals surface area contributed by atoms with E-state index in [-0.39, 0.29) is 0 Å². The molecule has 0 unspecified atom stereocenters. The Balaban J connectivity index is 1.96. The molecule has 0 saturated carbocycles. The molecule has 0 radical (unpaired) electrons. The van der Waals surface area contributed by atoms with Crippen molar-refractivity contribution in [3.8, 4) is 22.7 Å². The fourth-order valence-corrected chi connectivity index (χ4v) is 2.98. The quantitative estimate of drug-likeness (QED) is 0.664. The summed E-state index contributed by atoms with van der Waals surface area (Å²) in [5.74, 6) is 0.917. The molecule has 2 aromatic carbocycles. The number of aromatic nitrogens is 2. The van der Waals surface area contributed by atoms with Gasteiger partial charge < -0.3 is 4.74 Å². The van der Waals surface area contributed by atoms with Crippen LogP contribution in [0.5, 0.6) is 5.75 Å². The second-order valence-corrected chi connectivity index (χ2v) is 5.94. The van der Waals surface area contributed by atoms with Gasteiger partial charge in [0.1, 0.15) is 5.75 Å². The monoisotopic (exact) mass is 310 g/mol. The van der Waals surface area contributed by atoms with Gasteiger partial charge in [-0.15, -0.1) is 0 Å². The van der Waals surface area contributed by atoms with Crippen LogP contribution in [0.15, 0.2) is 48.7 Å². The molecule has 0 saturated heterocycles. The van der Waals surface area contributed by atoms with Crippen molar-refractivity contribution >= 4 is 11.6 Å². The zero-order chi connectivity index (χ0) is 15.1. The summed E-state index contributed by atoms with van der Waals surface area (Å²) in [5.41, 5.74) is 5.62. The van der Waals surface area contributed by atoms with Crippen molar-refractivity contribution in [1.29, 1.82) is 0 Å². The van der Waals surface area contributed by atoms with E-state index in [0.717, 1.165) is 34.1 Å². The van der Waals surface area contributed by atoms with Crippen molar-refractivity contribution in [2.45, 2.75) is 13.3 Å². The summed E-state index contributed by atoms with van der Waals surface area (Å²) in [6, 6.07) is 14.0. The Bertz CT molecular complexity index is 837. The molecule has 0 fully saturated rings. The van der Waals surface area contributed by atoms with E-state index in [2.05, 4.69) is 24.2 Å². The lowest BCUT2D eigenvalue weighted by Gasteiger charge is -2.12. The summed E-state index contributed by atoms with van der Waals surface area (Å²) in [5, 5.41) is 5.31. The molecule has 4 heteroatoms. The molecule has 2 heterocycles. The van der Waals surface area contributed by atoms with Crippen molar-refractivity contribution in [1.82, 2.24) is 9.78 Å². The van der Waals surface area contributed by atoms with E-state index < -0.39 is 0 Å². The molecule has 0 aliphatic carbocycles. The van der Waals surface area contributed by atoms with Gasteiger partial charge in [0, 0.05) is 22.6 Å². The first-order valence-corrected chi connectivity index (χ1v) is 7.67. The molecule has 1 aliphatic heterocycles. The molecule has 110 valence electrons. The molecular formula is C18H15ClN2O. The van der Waals surface area contributed by atoms with Gasteiger partial charge in [-0.25, -0.2) is 4.68 Å². The van der Waals surface area contributed by atoms with E-state index >= 15 is 0 Å². The Labute approximate surface area is 134 Å². The highest BCUT2D eigenvalue weighted by Crippen LogP contribution is 2.37. The van der Waals surface area contributed by atoms with Crippen LogP contribution < -0.4 is 4.74 Å². The predicted octanol–water partition coefficient (Wildman–Crippen LogP) is 4.44. The number of hydrogen-bond acceptors (Lipinski definition) is 2. The summed E-state index contributed by atoms with van der Waals surface area (Å²) in [6.45, 7) is 2.77. The number of ether oxygens (including phenoxy) is 1. The normalized spacial score (nSPS) is 13.0. The predicted molar refractivity (Wildman–Crippen MR) is 87.9 cm³/mol. The van der Waals surface area contributed by atoms with Crippen molar-refractivity contribution in [2.24, 2.45) is 0 Å². The fourth-order valence-electron chi connectivity index (χ4n) is 2.86. The van der Waals surface area contributed by atoms with Crippen molar-refractivity contribution in [3.63, 3.8) is 0 Å². The lowest BCUT2D eigenvalue weighted by Crippen LogP contribution is -2.00. The maximum absolute atomic E-state index is 5.99. The Morgan fingerprint density at radius 1 is 1.14 bits per heavy atom. The first-order chi connectivity index (χ1) is 10.7. The molecule has 1 aliphatic rings. The summed E-state index contributed by atoms with van der Waals surface area (Å²) in [7, 11) is 0. The Morgan fingerprint density at radius 2 is 1.95 bits per heavy atom. The zero-order valence-electron chi connectivity index (χ0n) is 12.2. The van der Waals surface area contributed by atoms with Crippen LogP contribution in [0.1, 0.15) is 11.1 Å². The van der Waals surface area contributed by atoms with Crippen molar-refractivity contribution in [2.75, 3.05) is 6.61 Å². The van der Waals surface area contributed by atoms with Gasteiger partial charge in [-0.1, -0.05) is 23.2 Å². The molecule has 0 amide bonds. The summed E-state index contributed by atoms with van der Waals surface area (Å²) >= 11 is 5.99. The topological polar surface area (TPSA) is 27.1 Å². The smallest absolute Gasteiger partial charge is 0.128 e. The van der Waals surface area contributed by atoms with Crippen LogP contribution in [0.25, 0.3) is 16.9 Å².